The van der Waals surface area contributed by atoms with Crippen molar-refractivity contribution in [3.8, 4) is 0 Å². The van der Waals surface area contributed by atoms with Crippen LogP contribution < -0.4 is 5.73 Å². The normalized spacial score (nSPS) is 23.1. The van der Waals surface area contributed by atoms with Crippen LogP contribution >= 0.6 is 0 Å². The molecule has 0 amide bonds. The van der Waals surface area contributed by atoms with Crippen LogP contribution in [0.5, 0.6) is 0 Å². The molecule has 1 aliphatic heterocycles. The third-order valence-electron chi connectivity index (χ3n) is 4.24. The lowest BCUT2D eigenvalue weighted by molar-refractivity contribution is -0.176. The molecule has 1 rings (SSSR count). The van der Waals surface area contributed by atoms with E-state index in [1.807, 2.05) is 7.85 Å². The van der Waals surface area contributed by atoms with Crippen LogP contribution in [0, 0.1) is 0 Å². The quantitative estimate of drug-likeness (QED) is 0.525. The van der Waals surface area contributed by atoms with Crippen LogP contribution in [0.25, 0.3) is 0 Å². The Bertz CT molecular complexity index is 355. The summed E-state index contributed by atoms with van der Waals surface area (Å²) >= 11 is 0. The van der Waals surface area contributed by atoms with Crippen LogP contribution in [0.1, 0.15) is 38.5 Å². The van der Waals surface area contributed by atoms with E-state index in [9.17, 15) is 23.1 Å². The standard InChI is InChI=1S/C13H24BF3N2O2/c14-7-2-1-5-12(18,11(20)21)6-9-19-8-3-4-10(19)13(15,16)17/h10H,1-9,14,18H2,(H,20,21). The second-order valence-corrected chi connectivity index (χ2v) is 5.90. The van der Waals surface area contributed by atoms with Gasteiger partial charge in [0.1, 0.15) is 19.4 Å². The monoisotopic (exact) mass is 308 g/mol. The fraction of sp³-hybridized carbons (Fsp3) is 0.923. The van der Waals surface area contributed by atoms with Gasteiger partial charge in [0.2, 0.25) is 0 Å². The molecule has 4 nitrogen and oxygen atoms in total. The van der Waals surface area contributed by atoms with Crippen LogP contribution in [-0.2, 0) is 4.79 Å². The maximum atomic E-state index is 12.8. The average Bonchev–Trinajstić information content (AvgIpc) is 2.85. The number of hydrogen-bond acceptors (Lipinski definition) is 3. The van der Waals surface area contributed by atoms with Gasteiger partial charge >= 0.3 is 12.1 Å². The summed E-state index contributed by atoms with van der Waals surface area (Å²) in [5.41, 5.74) is 4.48. The molecule has 1 heterocycles. The second kappa shape index (κ2) is 7.49. The summed E-state index contributed by atoms with van der Waals surface area (Å²) < 4.78 is 38.5. The molecule has 0 aromatic rings. The van der Waals surface area contributed by atoms with Crippen molar-refractivity contribution < 1.29 is 23.1 Å². The number of alkyl halides is 3. The number of rotatable bonds is 8. The number of likely N-dealkylation sites (tertiary alicyclic amines) is 1. The van der Waals surface area contributed by atoms with E-state index in [-0.39, 0.29) is 19.4 Å². The van der Waals surface area contributed by atoms with Crippen molar-refractivity contribution in [2.75, 3.05) is 13.1 Å². The molecule has 0 aromatic heterocycles. The number of halogens is 3. The molecular formula is C13H24BF3N2O2. The van der Waals surface area contributed by atoms with E-state index >= 15 is 0 Å². The predicted octanol–water partition coefficient (Wildman–Crippen LogP) is 1.41. The van der Waals surface area contributed by atoms with Crippen LogP contribution in [0.3, 0.4) is 0 Å². The molecule has 1 saturated heterocycles. The highest BCUT2D eigenvalue weighted by molar-refractivity contribution is 6.08. The molecule has 122 valence electrons. The second-order valence-electron chi connectivity index (χ2n) is 5.90. The van der Waals surface area contributed by atoms with Crippen molar-refractivity contribution in [3.05, 3.63) is 0 Å². The number of hydrogen-bond donors (Lipinski definition) is 2. The Hall–Kier alpha value is -0.755. The summed E-state index contributed by atoms with van der Waals surface area (Å²) in [6, 6.07) is -1.45. The zero-order chi connectivity index (χ0) is 16.1. The Kier molecular flexibility index (Phi) is 6.53. The van der Waals surface area contributed by atoms with Crippen LogP contribution in [0.15, 0.2) is 0 Å². The van der Waals surface area contributed by atoms with Crippen molar-refractivity contribution in [1.82, 2.24) is 4.90 Å². The molecule has 21 heavy (non-hydrogen) atoms. The van der Waals surface area contributed by atoms with E-state index in [0.717, 1.165) is 12.7 Å². The lowest BCUT2D eigenvalue weighted by Crippen LogP contribution is -2.51. The Morgan fingerprint density at radius 1 is 1.33 bits per heavy atom. The smallest absolute Gasteiger partial charge is 0.404 e. The van der Waals surface area contributed by atoms with Gasteiger partial charge < -0.3 is 10.8 Å². The number of unbranched alkanes of at least 4 members (excludes halogenated alkanes) is 1. The summed E-state index contributed by atoms with van der Waals surface area (Å²) in [6.45, 7) is 0.438. The highest BCUT2D eigenvalue weighted by atomic mass is 19.4. The molecular weight excluding hydrogens is 284 g/mol. The first-order chi connectivity index (χ1) is 9.70. The van der Waals surface area contributed by atoms with Crippen molar-refractivity contribution in [3.63, 3.8) is 0 Å². The van der Waals surface area contributed by atoms with Gasteiger partial charge in [-0.1, -0.05) is 19.2 Å². The van der Waals surface area contributed by atoms with Gasteiger partial charge in [-0.3, -0.25) is 9.69 Å². The first-order valence-corrected chi connectivity index (χ1v) is 7.54. The summed E-state index contributed by atoms with van der Waals surface area (Å²) in [7, 11) is 2.00. The highest BCUT2D eigenvalue weighted by Crippen LogP contribution is 2.33. The fourth-order valence-corrected chi connectivity index (χ4v) is 2.84. The Morgan fingerprint density at radius 3 is 2.52 bits per heavy atom. The Labute approximate surface area is 124 Å². The molecule has 0 aliphatic carbocycles. The summed E-state index contributed by atoms with van der Waals surface area (Å²) in [6.07, 6.45) is -0.811. The van der Waals surface area contributed by atoms with Gasteiger partial charge in [-0.25, -0.2) is 0 Å². The fourth-order valence-electron chi connectivity index (χ4n) is 2.84. The van der Waals surface area contributed by atoms with Crippen LogP contribution in [-0.4, -0.2) is 54.7 Å². The molecule has 8 heteroatoms. The number of carboxylic acid groups (broad SMARTS) is 1. The lowest BCUT2D eigenvalue weighted by atomic mass is 9.88. The highest BCUT2D eigenvalue weighted by Gasteiger charge is 2.46. The van der Waals surface area contributed by atoms with Gasteiger partial charge in [0.05, 0.1) is 0 Å². The third kappa shape index (κ3) is 5.18. The maximum absolute atomic E-state index is 12.8. The lowest BCUT2D eigenvalue weighted by Gasteiger charge is -2.31. The predicted molar refractivity (Wildman–Crippen MR) is 77.0 cm³/mol. The third-order valence-corrected chi connectivity index (χ3v) is 4.24. The largest absolute Gasteiger partial charge is 0.480 e. The van der Waals surface area contributed by atoms with Crippen LogP contribution in [0.4, 0.5) is 13.2 Å². The number of nitrogens with zero attached hydrogens (tertiary/aromatic N) is 1. The van der Waals surface area contributed by atoms with E-state index in [4.69, 9.17) is 5.73 Å². The molecule has 0 aromatic carbocycles. The summed E-state index contributed by atoms with van der Waals surface area (Å²) in [5.74, 6) is -1.12. The Balaban J connectivity index is 2.58. The minimum atomic E-state index is -4.25. The molecule has 0 bridgehead atoms. The molecule has 0 radical (unpaired) electrons. The maximum Gasteiger partial charge on any atom is 0.404 e. The van der Waals surface area contributed by atoms with E-state index in [0.29, 0.717) is 25.8 Å². The van der Waals surface area contributed by atoms with Gasteiger partial charge in [-0.15, -0.1) is 0 Å². The zero-order valence-electron chi connectivity index (χ0n) is 12.5. The van der Waals surface area contributed by atoms with Crippen molar-refractivity contribution in [2.45, 2.75) is 62.6 Å². The van der Waals surface area contributed by atoms with Crippen LogP contribution in [0.2, 0.25) is 6.32 Å². The van der Waals surface area contributed by atoms with Crippen molar-refractivity contribution in [2.24, 2.45) is 5.73 Å². The molecule has 0 saturated carbocycles. The zero-order valence-corrected chi connectivity index (χ0v) is 12.5. The molecule has 2 atom stereocenters. The summed E-state index contributed by atoms with van der Waals surface area (Å²) in [4.78, 5) is 12.7. The average molecular weight is 308 g/mol. The number of carbonyl (C=O) groups is 1. The van der Waals surface area contributed by atoms with Gasteiger partial charge in [-0.05, 0) is 32.2 Å². The summed E-state index contributed by atoms with van der Waals surface area (Å²) in [5, 5.41) is 9.27. The molecule has 2 unspecified atom stereocenters. The molecule has 0 spiro atoms. The van der Waals surface area contributed by atoms with Gasteiger partial charge in [-0.2, -0.15) is 13.2 Å². The van der Waals surface area contributed by atoms with E-state index in [1.54, 1.807) is 0 Å². The van der Waals surface area contributed by atoms with Gasteiger partial charge in [0, 0.05) is 6.54 Å². The number of nitrogens with two attached hydrogens (primary N) is 1. The van der Waals surface area contributed by atoms with Crippen molar-refractivity contribution >= 4 is 13.8 Å². The molecule has 3 N–H and O–H groups in total. The minimum Gasteiger partial charge on any atom is -0.480 e. The van der Waals surface area contributed by atoms with Gasteiger partial charge in [0.25, 0.3) is 0 Å². The van der Waals surface area contributed by atoms with E-state index in [2.05, 4.69) is 0 Å². The van der Waals surface area contributed by atoms with E-state index < -0.39 is 23.7 Å². The first-order valence-electron chi connectivity index (χ1n) is 7.54. The SMILES string of the molecule is BCCCCC(N)(CCN1CCCC1C(F)(F)F)C(=O)O. The first kappa shape index (κ1) is 18.3. The Morgan fingerprint density at radius 2 is 2.00 bits per heavy atom. The minimum absolute atomic E-state index is 0.0542. The number of carboxylic acids is 1. The molecule has 1 aliphatic rings. The molecule has 1 fully saturated rings. The number of aliphatic carboxylic acids is 1. The topological polar surface area (TPSA) is 66.6 Å². The van der Waals surface area contributed by atoms with Gasteiger partial charge in [0.15, 0.2) is 0 Å². The van der Waals surface area contributed by atoms with E-state index in [1.165, 1.54) is 4.90 Å². The van der Waals surface area contributed by atoms with Crippen molar-refractivity contribution in [1.29, 1.82) is 0 Å².